The molecular weight excluding hydrogens is 244 g/mol. The Morgan fingerprint density at radius 3 is 3.11 bits per heavy atom. The normalized spacial score (nSPS) is 18.3. The molecule has 1 saturated heterocycles. The third-order valence-corrected chi connectivity index (χ3v) is 3.34. The van der Waals surface area contributed by atoms with E-state index in [1.54, 1.807) is 12.1 Å². The highest BCUT2D eigenvalue weighted by atomic mass is 16.5. The summed E-state index contributed by atoms with van der Waals surface area (Å²) < 4.78 is 10.1. The largest absolute Gasteiger partial charge is 0.465 e. The van der Waals surface area contributed by atoms with Gasteiger partial charge in [-0.3, -0.25) is 0 Å². The van der Waals surface area contributed by atoms with Crippen LogP contribution in [0.1, 0.15) is 23.2 Å². The SMILES string of the molecule is COC(=O)c1cc(N)ccc1NCCC1CCOC1. The minimum Gasteiger partial charge on any atom is -0.465 e. The zero-order valence-electron chi connectivity index (χ0n) is 11.1. The third kappa shape index (κ3) is 3.61. The van der Waals surface area contributed by atoms with Gasteiger partial charge in [-0.2, -0.15) is 0 Å². The number of nitrogens with two attached hydrogens (primary N) is 1. The average Bonchev–Trinajstić information content (AvgIpc) is 2.92. The summed E-state index contributed by atoms with van der Waals surface area (Å²) in [6.45, 7) is 2.51. The Balaban J connectivity index is 1.96. The molecule has 1 aromatic rings. The molecule has 0 spiro atoms. The van der Waals surface area contributed by atoms with Crippen molar-refractivity contribution in [3.05, 3.63) is 23.8 Å². The van der Waals surface area contributed by atoms with E-state index in [9.17, 15) is 4.79 Å². The number of anilines is 2. The number of esters is 1. The molecule has 5 heteroatoms. The first-order valence-electron chi connectivity index (χ1n) is 6.50. The van der Waals surface area contributed by atoms with Crippen LogP contribution >= 0.6 is 0 Å². The molecule has 2 rings (SSSR count). The minimum absolute atomic E-state index is 0.376. The number of benzene rings is 1. The van der Waals surface area contributed by atoms with E-state index in [1.165, 1.54) is 7.11 Å². The van der Waals surface area contributed by atoms with Gasteiger partial charge < -0.3 is 20.5 Å². The standard InChI is InChI=1S/C14H20N2O3/c1-18-14(17)12-8-11(15)2-3-13(12)16-6-4-10-5-7-19-9-10/h2-3,8,10,16H,4-7,9,15H2,1H3. The van der Waals surface area contributed by atoms with Gasteiger partial charge >= 0.3 is 5.97 Å². The molecule has 0 saturated carbocycles. The number of carbonyl (C=O) groups is 1. The maximum absolute atomic E-state index is 11.7. The maximum atomic E-state index is 11.7. The lowest BCUT2D eigenvalue weighted by atomic mass is 10.1. The van der Waals surface area contributed by atoms with E-state index in [-0.39, 0.29) is 5.97 Å². The van der Waals surface area contributed by atoms with Gasteiger partial charge in [-0.25, -0.2) is 4.79 Å². The summed E-state index contributed by atoms with van der Waals surface area (Å²) in [5, 5.41) is 3.27. The lowest BCUT2D eigenvalue weighted by Crippen LogP contribution is -2.12. The third-order valence-electron chi connectivity index (χ3n) is 3.34. The monoisotopic (exact) mass is 264 g/mol. The van der Waals surface area contributed by atoms with E-state index in [4.69, 9.17) is 15.2 Å². The maximum Gasteiger partial charge on any atom is 0.340 e. The minimum atomic E-state index is -0.376. The fraction of sp³-hybridized carbons (Fsp3) is 0.500. The summed E-state index contributed by atoms with van der Waals surface area (Å²) in [4.78, 5) is 11.7. The van der Waals surface area contributed by atoms with Crippen molar-refractivity contribution in [2.24, 2.45) is 5.92 Å². The Kier molecular flexibility index (Phi) is 4.63. The van der Waals surface area contributed by atoms with Crippen LogP contribution in [0.25, 0.3) is 0 Å². The topological polar surface area (TPSA) is 73.6 Å². The van der Waals surface area contributed by atoms with Gasteiger partial charge in [0.2, 0.25) is 0 Å². The van der Waals surface area contributed by atoms with Crippen LogP contribution in [0.3, 0.4) is 0 Å². The zero-order valence-corrected chi connectivity index (χ0v) is 11.1. The Morgan fingerprint density at radius 1 is 1.58 bits per heavy atom. The number of carbonyl (C=O) groups excluding carboxylic acids is 1. The van der Waals surface area contributed by atoms with Crippen LogP contribution in [0.4, 0.5) is 11.4 Å². The summed E-state index contributed by atoms with van der Waals surface area (Å²) in [5.74, 6) is 0.238. The van der Waals surface area contributed by atoms with E-state index in [1.807, 2.05) is 6.07 Å². The van der Waals surface area contributed by atoms with Gasteiger partial charge in [0.15, 0.2) is 0 Å². The lowest BCUT2D eigenvalue weighted by molar-refractivity contribution is 0.0602. The molecule has 1 aliphatic heterocycles. The molecule has 5 nitrogen and oxygen atoms in total. The van der Waals surface area contributed by atoms with Crippen LogP contribution in [-0.4, -0.2) is 32.8 Å². The second-order valence-electron chi connectivity index (χ2n) is 4.74. The first kappa shape index (κ1) is 13.7. The van der Waals surface area contributed by atoms with Gasteiger partial charge in [0.25, 0.3) is 0 Å². The number of hydrogen-bond acceptors (Lipinski definition) is 5. The molecule has 1 fully saturated rings. The molecule has 0 aliphatic carbocycles. The van der Waals surface area contributed by atoms with Crippen LogP contribution in [0.2, 0.25) is 0 Å². The molecule has 1 atom stereocenters. The van der Waals surface area contributed by atoms with Gasteiger partial charge in [0.1, 0.15) is 0 Å². The predicted octanol–water partition coefficient (Wildman–Crippen LogP) is 1.89. The fourth-order valence-electron chi connectivity index (χ4n) is 2.22. The highest BCUT2D eigenvalue weighted by molar-refractivity contribution is 5.96. The molecule has 0 aromatic heterocycles. The average molecular weight is 264 g/mol. The first-order valence-corrected chi connectivity index (χ1v) is 6.50. The van der Waals surface area contributed by atoms with Crippen LogP contribution in [0.15, 0.2) is 18.2 Å². The number of nitrogens with one attached hydrogen (secondary N) is 1. The van der Waals surface area contributed by atoms with E-state index in [2.05, 4.69) is 5.32 Å². The summed E-state index contributed by atoms with van der Waals surface area (Å²) in [5.41, 5.74) is 7.49. The Hall–Kier alpha value is -1.75. The van der Waals surface area contributed by atoms with Crippen LogP contribution in [0.5, 0.6) is 0 Å². The quantitative estimate of drug-likeness (QED) is 0.627. The first-order chi connectivity index (χ1) is 9.20. The molecule has 0 radical (unpaired) electrons. The highest BCUT2D eigenvalue weighted by Gasteiger charge is 2.16. The van der Waals surface area contributed by atoms with Crippen molar-refractivity contribution in [3.63, 3.8) is 0 Å². The van der Waals surface area contributed by atoms with Crippen molar-refractivity contribution in [1.82, 2.24) is 0 Å². The molecule has 104 valence electrons. The summed E-state index contributed by atoms with van der Waals surface area (Å²) in [6, 6.07) is 5.22. The zero-order chi connectivity index (χ0) is 13.7. The van der Waals surface area contributed by atoms with Crippen LogP contribution in [-0.2, 0) is 9.47 Å². The molecule has 1 heterocycles. The Bertz CT molecular complexity index is 442. The molecular formula is C14H20N2O3. The van der Waals surface area contributed by atoms with E-state index in [0.717, 1.165) is 38.3 Å². The van der Waals surface area contributed by atoms with E-state index < -0.39 is 0 Å². The van der Waals surface area contributed by atoms with Gasteiger partial charge in [0.05, 0.1) is 12.7 Å². The summed E-state index contributed by atoms with van der Waals surface area (Å²) in [6.07, 6.45) is 2.15. The number of ether oxygens (including phenoxy) is 2. The molecule has 3 N–H and O–H groups in total. The van der Waals surface area contributed by atoms with Crippen LogP contribution < -0.4 is 11.1 Å². The Labute approximate surface area is 113 Å². The van der Waals surface area contributed by atoms with E-state index >= 15 is 0 Å². The second kappa shape index (κ2) is 6.43. The van der Waals surface area contributed by atoms with Crippen molar-refractivity contribution in [2.75, 3.05) is 37.9 Å². The lowest BCUT2D eigenvalue weighted by Gasteiger charge is -2.13. The second-order valence-corrected chi connectivity index (χ2v) is 4.74. The molecule has 1 unspecified atom stereocenters. The van der Waals surface area contributed by atoms with Crippen molar-refractivity contribution < 1.29 is 14.3 Å². The molecule has 1 aromatic carbocycles. The molecule has 0 amide bonds. The fourth-order valence-corrected chi connectivity index (χ4v) is 2.22. The van der Waals surface area contributed by atoms with Crippen molar-refractivity contribution >= 4 is 17.3 Å². The predicted molar refractivity (Wildman–Crippen MR) is 74.2 cm³/mol. The van der Waals surface area contributed by atoms with Crippen molar-refractivity contribution in [3.8, 4) is 0 Å². The highest BCUT2D eigenvalue weighted by Crippen LogP contribution is 2.21. The summed E-state index contributed by atoms with van der Waals surface area (Å²) >= 11 is 0. The number of methoxy groups -OCH3 is 1. The Morgan fingerprint density at radius 2 is 2.42 bits per heavy atom. The number of rotatable bonds is 5. The van der Waals surface area contributed by atoms with Crippen molar-refractivity contribution in [1.29, 1.82) is 0 Å². The molecule has 0 bridgehead atoms. The summed E-state index contributed by atoms with van der Waals surface area (Å²) in [7, 11) is 1.37. The van der Waals surface area contributed by atoms with Gasteiger partial charge in [-0.1, -0.05) is 0 Å². The van der Waals surface area contributed by atoms with Gasteiger partial charge in [0, 0.05) is 31.1 Å². The van der Waals surface area contributed by atoms with Crippen molar-refractivity contribution in [2.45, 2.75) is 12.8 Å². The smallest absolute Gasteiger partial charge is 0.340 e. The van der Waals surface area contributed by atoms with Gasteiger partial charge in [-0.05, 0) is 37.0 Å². The molecule has 1 aliphatic rings. The van der Waals surface area contributed by atoms with Crippen LogP contribution in [0, 0.1) is 5.92 Å². The molecule has 19 heavy (non-hydrogen) atoms. The van der Waals surface area contributed by atoms with Gasteiger partial charge in [-0.15, -0.1) is 0 Å². The number of nitrogen functional groups attached to an aromatic ring is 1. The van der Waals surface area contributed by atoms with E-state index in [0.29, 0.717) is 17.2 Å². The number of hydrogen-bond donors (Lipinski definition) is 2.